The van der Waals surface area contributed by atoms with Gasteiger partial charge in [0.2, 0.25) is 0 Å². The number of carboxylic acids is 1. The summed E-state index contributed by atoms with van der Waals surface area (Å²) in [5.74, 6) is -1.62. The third-order valence-corrected chi connectivity index (χ3v) is 6.15. The highest BCUT2D eigenvalue weighted by atomic mass is 79.9. The summed E-state index contributed by atoms with van der Waals surface area (Å²) in [7, 11) is 0. The second-order valence-electron chi connectivity index (χ2n) is 7.53. The van der Waals surface area contributed by atoms with Crippen LogP contribution in [0.25, 0.3) is 0 Å². The lowest BCUT2D eigenvalue weighted by molar-refractivity contribution is -0.156. The average molecular weight is 444 g/mol. The van der Waals surface area contributed by atoms with Crippen LogP contribution in [0.3, 0.4) is 0 Å². The van der Waals surface area contributed by atoms with Crippen LogP contribution in [-0.4, -0.2) is 28.4 Å². The van der Waals surface area contributed by atoms with Crippen molar-refractivity contribution < 1.29 is 14.7 Å². The zero-order chi connectivity index (χ0) is 19.9. The summed E-state index contributed by atoms with van der Waals surface area (Å²) < 4.78 is 1.02. The van der Waals surface area contributed by atoms with Gasteiger partial charge in [0, 0.05) is 23.5 Å². The number of benzene rings is 2. The van der Waals surface area contributed by atoms with Gasteiger partial charge in [0.25, 0.3) is 0 Å². The van der Waals surface area contributed by atoms with Crippen LogP contribution in [0.2, 0.25) is 0 Å². The van der Waals surface area contributed by atoms with Gasteiger partial charge in [-0.3, -0.25) is 4.79 Å². The molecular weight excluding hydrogens is 418 g/mol. The largest absolute Gasteiger partial charge is 0.474 e. The zero-order valence-corrected chi connectivity index (χ0v) is 17.5. The van der Waals surface area contributed by atoms with Gasteiger partial charge in [-0.05, 0) is 42.0 Å². The second kappa shape index (κ2) is 9.87. The Labute approximate surface area is 174 Å². The molecule has 2 aromatic carbocycles. The zero-order valence-electron chi connectivity index (χ0n) is 15.9. The monoisotopic (exact) mass is 443 g/mol. The van der Waals surface area contributed by atoms with Gasteiger partial charge in [-0.2, -0.15) is 0 Å². The highest BCUT2D eigenvalue weighted by Crippen LogP contribution is 2.37. The van der Waals surface area contributed by atoms with E-state index in [0.717, 1.165) is 22.9 Å². The van der Waals surface area contributed by atoms with E-state index in [1.54, 1.807) is 0 Å². The first-order valence-corrected chi connectivity index (χ1v) is 10.7. The molecular formula is C23H26BrNO3. The first-order valence-electron chi connectivity index (χ1n) is 9.86. The lowest BCUT2D eigenvalue weighted by Crippen LogP contribution is -2.40. The molecule has 0 aliphatic heterocycles. The van der Waals surface area contributed by atoms with Crippen molar-refractivity contribution in [3.8, 4) is 0 Å². The molecule has 1 unspecified atom stereocenters. The predicted molar refractivity (Wildman–Crippen MR) is 113 cm³/mol. The van der Waals surface area contributed by atoms with Gasteiger partial charge >= 0.3 is 11.9 Å². The lowest BCUT2D eigenvalue weighted by atomic mass is 9.76. The molecule has 148 valence electrons. The summed E-state index contributed by atoms with van der Waals surface area (Å²) in [4.78, 5) is 25.4. The van der Waals surface area contributed by atoms with Gasteiger partial charge in [-0.25, -0.2) is 4.79 Å². The minimum Gasteiger partial charge on any atom is -0.474 e. The molecule has 0 bridgehead atoms. The fourth-order valence-electron chi connectivity index (χ4n) is 4.17. The molecule has 0 heterocycles. The van der Waals surface area contributed by atoms with E-state index in [4.69, 9.17) is 0 Å². The van der Waals surface area contributed by atoms with Gasteiger partial charge in [0.15, 0.2) is 0 Å². The first-order chi connectivity index (χ1) is 13.5. The number of hydrogen-bond acceptors (Lipinski definition) is 2. The number of nitrogens with zero attached hydrogens (tertiary/aromatic N) is 1. The van der Waals surface area contributed by atoms with Crippen molar-refractivity contribution in [1.29, 1.82) is 0 Å². The molecule has 1 atom stereocenters. The standard InChI is InChI=1S/C23H26BrNO3/c24-20-13-11-19(12-14-20)21(18-9-5-2-6-10-18)16-25(22(26)23(27)28)15-17-7-3-1-4-8-17/h1,3-4,7-8,11-14,18,21H,2,5-6,9-10,15-16H2,(H,27,28). The molecule has 1 aliphatic rings. The van der Waals surface area contributed by atoms with Gasteiger partial charge < -0.3 is 10.0 Å². The summed E-state index contributed by atoms with van der Waals surface area (Å²) >= 11 is 3.49. The van der Waals surface area contributed by atoms with Crippen LogP contribution in [-0.2, 0) is 16.1 Å². The maximum Gasteiger partial charge on any atom is 0.394 e. The lowest BCUT2D eigenvalue weighted by Gasteiger charge is -2.34. The molecule has 1 aliphatic carbocycles. The number of carboxylic acid groups (broad SMARTS) is 1. The third kappa shape index (κ3) is 5.44. The van der Waals surface area contributed by atoms with Crippen LogP contribution < -0.4 is 0 Å². The highest BCUT2D eigenvalue weighted by Gasteiger charge is 2.30. The summed E-state index contributed by atoms with van der Waals surface area (Å²) in [5.41, 5.74) is 2.11. The van der Waals surface area contributed by atoms with E-state index in [1.165, 1.54) is 29.7 Å². The number of rotatable bonds is 6. The van der Waals surface area contributed by atoms with E-state index in [2.05, 4.69) is 28.1 Å². The predicted octanol–water partition coefficient (Wildman–Crippen LogP) is 5.23. The van der Waals surface area contributed by atoms with Gasteiger partial charge in [0.1, 0.15) is 0 Å². The summed E-state index contributed by atoms with van der Waals surface area (Å²) in [6.07, 6.45) is 5.90. The Kier molecular flexibility index (Phi) is 7.26. The Bertz CT molecular complexity index is 785. The van der Waals surface area contributed by atoms with Crippen molar-refractivity contribution in [1.82, 2.24) is 4.90 Å². The Morgan fingerprint density at radius 2 is 1.64 bits per heavy atom. The van der Waals surface area contributed by atoms with E-state index in [0.29, 0.717) is 19.0 Å². The molecule has 28 heavy (non-hydrogen) atoms. The molecule has 0 radical (unpaired) electrons. The van der Waals surface area contributed by atoms with Gasteiger partial charge in [0.05, 0.1) is 0 Å². The second-order valence-corrected chi connectivity index (χ2v) is 8.45. The molecule has 1 N–H and O–H groups in total. The first kappa shape index (κ1) is 20.6. The van der Waals surface area contributed by atoms with Crippen molar-refractivity contribution >= 4 is 27.8 Å². The maximum atomic E-state index is 12.5. The van der Waals surface area contributed by atoms with Gasteiger partial charge in [-0.15, -0.1) is 0 Å². The Hall–Kier alpha value is -2.14. The Balaban J connectivity index is 1.88. The number of carbonyl (C=O) groups excluding carboxylic acids is 1. The molecule has 5 heteroatoms. The molecule has 3 rings (SSSR count). The maximum absolute atomic E-state index is 12.5. The van der Waals surface area contributed by atoms with Crippen LogP contribution in [0.15, 0.2) is 59.1 Å². The quantitative estimate of drug-likeness (QED) is 0.621. The minimum atomic E-state index is -1.39. The van der Waals surface area contributed by atoms with Crippen molar-refractivity contribution in [3.63, 3.8) is 0 Å². The molecule has 0 aromatic heterocycles. The highest BCUT2D eigenvalue weighted by molar-refractivity contribution is 9.10. The molecule has 2 aromatic rings. The molecule has 4 nitrogen and oxygen atoms in total. The molecule has 1 fully saturated rings. The molecule has 0 saturated heterocycles. The fourth-order valence-corrected chi connectivity index (χ4v) is 4.43. The SMILES string of the molecule is O=C(O)C(=O)N(Cc1ccccc1)CC(c1ccc(Br)cc1)C1CCCCC1. The summed E-state index contributed by atoms with van der Waals surface area (Å²) in [5, 5.41) is 9.36. The Morgan fingerprint density at radius 3 is 2.25 bits per heavy atom. The summed E-state index contributed by atoms with van der Waals surface area (Å²) in [6.45, 7) is 0.734. The smallest absolute Gasteiger partial charge is 0.394 e. The van der Waals surface area contributed by atoms with Crippen LogP contribution in [0.5, 0.6) is 0 Å². The van der Waals surface area contributed by atoms with Crippen molar-refractivity contribution in [3.05, 3.63) is 70.2 Å². The van der Waals surface area contributed by atoms with Crippen LogP contribution in [0.4, 0.5) is 0 Å². The van der Waals surface area contributed by atoms with Crippen LogP contribution >= 0.6 is 15.9 Å². The van der Waals surface area contributed by atoms with Crippen molar-refractivity contribution in [2.75, 3.05) is 6.54 Å². The Morgan fingerprint density at radius 1 is 1.00 bits per heavy atom. The van der Waals surface area contributed by atoms with E-state index in [1.807, 2.05) is 42.5 Å². The van der Waals surface area contributed by atoms with Gasteiger partial charge in [-0.1, -0.05) is 77.7 Å². The van der Waals surface area contributed by atoms with E-state index in [9.17, 15) is 14.7 Å². The van der Waals surface area contributed by atoms with Crippen molar-refractivity contribution in [2.24, 2.45) is 5.92 Å². The normalized spacial score (nSPS) is 15.8. The molecule has 0 spiro atoms. The molecule has 1 amide bonds. The topological polar surface area (TPSA) is 57.6 Å². The number of hydrogen-bond donors (Lipinski definition) is 1. The fraction of sp³-hybridized carbons (Fsp3) is 0.391. The summed E-state index contributed by atoms with van der Waals surface area (Å²) in [6, 6.07) is 17.8. The number of amides is 1. The third-order valence-electron chi connectivity index (χ3n) is 5.62. The number of carbonyl (C=O) groups is 2. The van der Waals surface area contributed by atoms with Crippen LogP contribution in [0.1, 0.15) is 49.1 Å². The van der Waals surface area contributed by atoms with Crippen LogP contribution in [0, 0.1) is 5.92 Å². The number of aliphatic carboxylic acids is 1. The molecule has 1 saturated carbocycles. The van der Waals surface area contributed by atoms with E-state index in [-0.39, 0.29) is 5.92 Å². The average Bonchev–Trinajstić information content (AvgIpc) is 2.72. The van der Waals surface area contributed by atoms with E-state index < -0.39 is 11.9 Å². The number of halogens is 1. The van der Waals surface area contributed by atoms with Crippen molar-refractivity contribution in [2.45, 2.75) is 44.6 Å². The van der Waals surface area contributed by atoms with E-state index >= 15 is 0 Å². The minimum absolute atomic E-state index is 0.139.